The second-order valence-electron chi connectivity index (χ2n) is 10.9. The summed E-state index contributed by atoms with van der Waals surface area (Å²) >= 11 is 5.36. The van der Waals surface area contributed by atoms with E-state index in [-0.39, 0.29) is 12.1 Å². The summed E-state index contributed by atoms with van der Waals surface area (Å²) in [5.74, 6) is 1.40. The van der Waals surface area contributed by atoms with Crippen LogP contribution in [0.25, 0.3) is 16.5 Å². The van der Waals surface area contributed by atoms with Crippen LogP contribution in [0.3, 0.4) is 0 Å². The van der Waals surface area contributed by atoms with E-state index in [0.29, 0.717) is 29.8 Å². The molecule has 0 aromatic heterocycles. The number of nitrogens with one attached hydrogen (secondary N) is 3. The van der Waals surface area contributed by atoms with Crippen LogP contribution in [0.2, 0.25) is 0 Å². The minimum absolute atomic E-state index is 0.140. The van der Waals surface area contributed by atoms with Crippen LogP contribution in [0, 0.1) is 17.2 Å². The molecule has 41 heavy (non-hydrogen) atoms. The van der Waals surface area contributed by atoms with E-state index >= 15 is 0 Å². The van der Waals surface area contributed by atoms with Crippen molar-refractivity contribution in [2.75, 3.05) is 13.2 Å². The van der Waals surface area contributed by atoms with Gasteiger partial charge in [0.1, 0.15) is 17.3 Å². The van der Waals surface area contributed by atoms with Gasteiger partial charge in [-0.25, -0.2) is 0 Å². The van der Waals surface area contributed by atoms with E-state index in [1.807, 2.05) is 12.1 Å². The molecule has 4 rings (SSSR count). The van der Waals surface area contributed by atoms with Crippen LogP contribution in [-0.2, 0) is 12.1 Å². The number of benzene rings is 3. The zero-order valence-corrected chi connectivity index (χ0v) is 25.2. The topological polar surface area (TPSA) is 69.1 Å². The summed E-state index contributed by atoms with van der Waals surface area (Å²) in [6.07, 6.45) is 6.82. The van der Waals surface area contributed by atoms with Crippen molar-refractivity contribution in [2.24, 2.45) is 5.92 Å². The van der Waals surface area contributed by atoms with Crippen molar-refractivity contribution in [2.45, 2.75) is 64.5 Å². The van der Waals surface area contributed by atoms with Crippen molar-refractivity contribution in [3.05, 3.63) is 96.2 Å². The molecule has 1 saturated carbocycles. The molecule has 0 aliphatic heterocycles. The highest BCUT2D eigenvalue weighted by atomic mass is 32.1. The normalized spacial score (nSPS) is 14.0. The van der Waals surface area contributed by atoms with Crippen molar-refractivity contribution in [3.63, 3.8) is 0 Å². The third-order valence-electron chi connectivity index (χ3n) is 7.98. The molecule has 0 spiro atoms. The monoisotopic (exact) mass is 566 g/mol. The third-order valence-corrected chi connectivity index (χ3v) is 8.37. The molecule has 3 aromatic carbocycles. The molecule has 0 amide bonds. The Kier molecular flexibility index (Phi) is 10.4. The maximum Gasteiger partial charge on any atom is 0.122 e. The number of hydrogen-bond donors (Lipinski definition) is 3. The third kappa shape index (κ3) is 7.68. The lowest BCUT2D eigenvalue weighted by Gasteiger charge is -2.25. The van der Waals surface area contributed by atoms with Gasteiger partial charge >= 0.3 is 0 Å². The highest BCUT2D eigenvalue weighted by Gasteiger charge is 2.45. The van der Waals surface area contributed by atoms with Gasteiger partial charge in [-0.3, -0.25) is 0 Å². The van der Waals surface area contributed by atoms with E-state index < -0.39 is 0 Å². The summed E-state index contributed by atoms with van der Waals surface area (Å²) in [6.45, 7) is 14.4. The molecule has 1 atom stereocenters. The number of hydrogen-bond acceptors (Lipinski definition) is 5. The summed E-state index contributed by atoms with van der Waals surface area (Å²) in [5, 5.41) is 21.4. The van der Waals surface area contributed by atoms with Crippen molar-refractivity contribution >= 4 is 33.7 Å². The predicted molar refractivity (Wildman–Crippen MR) is 174 cm³/mol. The molecule has 1 aliphatic carbocycles. The standard InChI is InChI=1S/C35H42N4OS/c1-5-7-11-27(6-2)24-40-30-17-16-29(23-38-26(4)34(41)37-21-20-36)32(22-30)25(3)39-35(18-19-35)33-15-10-13-28-12-8-9-14-31(28)33/h8-10,12-17,22,27,38-39H,3-7,11,18-19,21,23-24H2,1-2H3,(H,37,41). The van der Waals surface area contributed by atoms with Crippen LogP contribution >= 0.6 is 12.2 Å². The van der Waals surface area contributed by atoms with Crippen LogP contribution in [0.5, 0.6) is 5.75 Å². The highest BCUT2D eigenvalue weighted by Crippen LogP contribution is 2.49. The first-order chi connectivity index (χ1) is 19.9. The molecule has 1 aliphatic rings. The molecule has 5 nitrogen and oxygen atoms in total. The van der Waals surface area contributed by atoms with E-state index in [4.69, 9.17) is 22.2 Å². The van der Waals surface area contributed by atoms with Gasteiger partial charge in [-0.2, -0.15) is 5.26 Å². The fourth-order valence-electron chi connectivity index (χ4n) is 5.29. The van der Waals surface area contributed by atoms with Gasteiger partial charge in [0, 0.05) is 17.8 Å². The van der Waals surface area contributed by atoms with Crippen LogP contribution in [0.1, 0.15) is 69.1 Å². The molecule has 0 radical (unpaired) electrons. The molecule has 6 heteroatoms. The minimum Gasteiger partial charge on any atom is -0.493 e. The molecular formula is C35H42N4OS. The van der Waals surface area contributed by atoms with Crippen molar-refractivity contribution < 1.29 is 4.74 Å². The lowest BCUT2D eigenvalue weighted by atomic mass is 9.95. The van der Waals surface area contributed by atoms with Crippen molar-refractivity contribution in [1.29, 1.82) is 5.26 Å². The summed E-state index contributed by atoms with van der Waals surface area (Å²) in [5.41, 5.74) is 4.69. The zero-order chi connectivity index (χ0) is 29.2. The van der Waals surface area contributed by atoms with E-state index in [1.54, 1.807) is 0 Å². The van der Waals surface area contributed by atoms with E-state index in [0.717, 1.165) is 41.8 Å². The number of thiocarbonyl (C=S) groups is 1. The fraction of sp³-hybridized carbons (Fsp3) is 0.371. The zero-order valence-electron chi connectivity index (χ0n) is 24.4. The highest BCUT2D eigenvalue weighted by molar-refractivity contribution is 7.80. The van der Waals surface area contributed by atoms with Crippen LogP contribution in [-0.4, -0.2) is 18.1 Å². The lowest BCUT2D eigenvalue weighted by Crippen LogP contribution is -2.30. The Balaban J connectivity index is 1.56. The van der Waals surface area contributed by atoms with E-state index in [9.17, 15) is 0 Å². The fourth-order valence-corrected chi connectivity index (χ4v) is 5.43. The minimum atomic E-state index is -0.140. The van der Waals surface area contributed by atoms with E-state index in [1.165, 1.54) is 35.6 Å². The number of fused-ring (bicyclic) bond motifs is 1. The number of ether oxygens (including phenoxy) is 1. The first kappa shape index (κ1) is 30.1. The smallest absolute Gasteiger partial charge is 0.122 e. The number of nitrogens with zero attached hydrogens (tertiary/aromatic N) is 1. The molecule has 0 bridgehead atoms. The Morgan fingerprint density at radius 3 is 2.59 bits per heavy atom. The molecule has 0 heterocycles. The Morgan fingerprint density at radius 1 is 1.07 bits per heavy atom. The molecular weight excluding hydrogens is 524 g/mol. The van der Waals surface area contributed by atoms with Gasteiger partial charge in [0.05, 0.1) is 23.9 Å². The quantitative estimate of drug-likeness (QED) is 0.0937. The van der Waals surface area contributed by atoms with Gasteiger partial charge in [0.2, 0.25) is 0 Å². The summed E-state index contributed by atoms with van der Waals surface area (Å²) < 4.78 is 6.33. The summed E-state index contributed by atoms with van der Waals surface area (Å²) in [4.78, 5) is 0.440. The SMILES string of the molecule is C=C(NCc1ccc(OCC(CC)CCCC)cc1C(=C)NC1(c2cccc3ccccc23)CC1)C(=S)NCC#N. The Morgan fingerprint density at radius 2 is 1.85 bits per heavy atom. The first-order valence-corrected chi connectivity index (χ1v) is 15.1. The average molecular weight is 567 g/mol. The molecule has 3 N–H and O–H groups in total. The predicted octanol–water partition coefficient (Wildman–Crippen LogP) is 7.73. The van der Waals surface area contributed by atoms with Gasteiger partial charge in [-0.05, 0) is 59.2 Å². The van der Waals surface area contributed by atoms with Crippen LogP contribution in [0.15, 0.2) is 79.5 Å². The molecule has 3 aromatic rings. The van der Waals surface area contributed by atoms with Gasteiger partial charge in [0.25, 0.3) is 0 Å². The maximum absolute atomic E-state index is 8.85. The number of rotatable bonds is 16. The van der Waals surface area contributed by atoms with Crippen LogP contribution < -0.4 is 20.7 Å². The number of unbranched alkanes of at least 4 members (excludes halogenated alkanes) is 1. The van der Waals surface area contributed by atoms with Gasteiger partial charge < -0.3 is 20.7 Å². The lowest BCUT2D eigenvalue weighted by molar-refractivity contribution is 0.233. The molecule has 1 unspecified atom stereocenters. The van der Waals surface area contributed by atoms with E-state index in [2.05, 4.69) is 97.6 Å². The molecule has 1 fully saturated rings. The van der Waals surface area contributed by atoms with Gasteiger partial charge in [-0.15, -0.1) is 0 Å². The summed E-state index contributed by atoms with van der Waals surface area (Å²) in [6, 6.07) is 23.4. The number of nitriles is 1. The Labute approximate surface area is 250 Å². The largest absolute Gasteiger partial charge is 0.493 e. The van der Waals surface area contributed by atoms with Gasteiger partial charge in [-0.1, -0.05) is 107 Å². The second kappa shape index (κ2) is 14.2. The van der Waals surface area contributed by atoms with Gasteiger partial charge in [0.15, 0.2) is 0 Å². The average Bonchev–Trinajstić information content (AvgIpc) is 3.78. The maximum atomic E-state index is 8.85. The second-order valence-corrected chi connectivity index (χ2v) is 11.3. The first-order valence-electron chi connectivity index (χ1n) is 14.7. The summed E-state index contributed by atoms with van der Waals surface area (Å²) in [7, 11) is 0. The van der Waals surface area contributed by atoms with Crippen molar-refractivity contribution in [1.82, 2.24) is 16.0 Å². The molecule has 214 valence electrons. The van der Waals surface area contributed by atoms with Crippen molar-refractivity contribution in [3.8, 4) is 11.8 Å². The molecule has 0 saturated heterocycles. The Bertz CT molecular complexity index is 1430. The van der Waals surface area contributed by atoms with Crippen LogP contribution in [0.4, 0.5) is 0 Å². The Hall–Kier alpha value is -3.82.